The molecule has 2 nitrogen and oxygen atoms in total. The third kappa shape index (κ3) is 2.21. The summed E-state index contributed by atoms with van der Waals surface area (Å²) in [6.45, 7) is 8.70. The number of hydrogen-bond acceptors (Lipinski definition) is 2. The van der Waals surface area contributed by atoms with Crippen molar-refractivity contribution in [2.24, 2.45) is 5.41 Å². The zero-order chi connectivity index (χ0) is 11.1. The third-order valence-electron chi connectivity index (χ3n) is 4.15. The Morgan fingerprint density at radius 2 is 2.07 bits per heavy atom. The van der Waals surface area contributed by atoms with E-state index in [1.54, 1.807) is 0 Å². The smallest absolute Gasteiger partial charge is 0.0598 e. The lowest BCUT2D eigenvalue weighted by atomic mass is 9.83. The molecule has 1 saturated carbocycles. The molecule has 1 heterocycles. The van der Waals surface area contributed by atoms with Crippen LogP contribution in [0.3, 0.4) is 0 Å². The molecule has 0 radical (unpaired) electrons. The maximum absolute atomic E-state index is 6.04. The van der Waals surface area contributed by atoms with Crippen LogP contribution in [0.1, 0.15) is 46.5 Å². The van der Waals surface area contributed by atoms with Crippen molar-refractivity contribution in [1.82, 2.24) is 4.90 Å². The number of rotatable bonds is 2. The Bertz CT molecular complexity index is 233. The highest BCUT2D eigenvalue weighted by Gasteiger charge is 2.49. The van der Waals surface area contributed by atoms with Gasteiger partial charge in [-0.25, -0.2) is 0 Å². The summed E-state index contributed by atoms with van der Waals surface area (Å²) in [7, 11) is 2.27. The summed E-state index contributed by atoms with van der Waals surface area (Å²) in [6.07, 6.45) is 5.48. The number of fused-ring (bicyclic) bond motifs is 1. The van der Waals surface area contributed by atoms with Gasteiger partial charge in [0.15, 0.2) is 0 Å². The second-order valence-electron chi connectivity index (χ2n) is 6.40. The topological polar surface area (TPSA) is 12.5 Å². The highest BCUT2D eigenvalue weighted by Crippen LogP contribution is 2.48. The molecule has 0 bridgehead atoms. The van der Waals surface area contributed by atoms with Crippen molar-refractivity contribution in [3.63, 3.8) is 0 Å². The molecule has 2 fully saturated rings. The lowest BCUT2D eigenvalue weighted by molar-refractivity contribution is -0.0552. The van der Waals surface area contributed by atoms with Crippen molar-refractivity contribution in [3.8, 4) is 0 Å². The summed E-state index contributed by atoms with van der Waals surface area (Å²) in [5.41, 5.74) is 0.505. The summed E-state index contributed by atoms with van der Waals surface area (Å²) in [6, 6.07) is 0.792. The van der Waals surface area contributed by atoms with Gasteiger partial charge in [-0.2, -0.15) is 0 Å². The summed E-state index contributed by atoms with van der Waals surface area (Å²) in [4.78, 5) is 2.54. The fourth-order valence-corrected chi connectivity index (χ4v) is 3.26. The highest BCUT2D eigenvalue weighted by atomic mass is 16.5. The molecule has 1 saturated heterocycles. The fourth-order valence-electron chi connectivity index (χ4n) is 3.26. The van der Waals surface area contributed by atoms with Crippen LogP contribution in [0.25, 0.3) is 0 Å². The molecule has 0 unspecified atom stereocenters. The molecule has 0 aromatic carbocycles. The molecule has 0 aromatic heterocycles. The van der Waals surface area contributed by atoms with Gasteiger partial charge in [-0.15, -0.1) is 0 Å². The Morgan fingerprint density at radius 1 is 1.33 bits per heavy atom. The van der Waals surface area contributed by atoms with E-state index >= 15 is 0 Å². The van der Waals surface area contributed by atoms with Gasteiger partial charge in [0.1, 0.15) is 0 Å². The average Bonchev–Trinajstić information content (AvgIpc) is 2.64. The minimum Gasteiger partial charge on any atom is -0.375 e. The lowest BCUT2D eigenvalue weighted by Gasteiger charge is -2.34. The molecule has 0 spiro atoms. The Kier molecular flexibility index (Phi) is 2.85. The third-order valence-corrected chi connectivity index (χ3v) is 4.15. The molecule has 2 atom stereocenters. The van der Waals surface area contributed by atoms with Gasteiger partial charge in [0.2, 0.25) is 0 Å². The van der Waals surface area contributed by atoms with Crippen molar-refractivity contribution in [1.29, 1.82) is 0 Å². The Balaban J connectivity index is 2.00. The standard InChI is InChI=1S/C13H25NO/c1-12(2,3)15-10-13-7-5-6-11(13)14(4)9-8-13/h11H,5-10H2,1-4H3/t11-,13-/m1/s1. The molecule has 0 amide bonds. The second-order valence-corrected chi connectivity index (χ2v) is 6.40. The number of nitrogens with zero attached hydrogens (tertiary/aromatic N) is 1. The highest BCUT2D eigenvalue weighted by molar-refractivity contribution is 5.02. The zero-order valence-electron chi connectivity index (χ0n) is 10.7. The van der Waals surface area contributed by atoms with Crippen molar-refractivity contribution in [2.45, 2.75) is 58.1 Å². The SMILES string of the molecule is CN1CC[C@@]2(COC(C)(C)C)CCC[C@@H]12. The van der Waals surface area contributed by atoms with Crippen molar-refractivity contribution in [3.05, 3.63) is 0 Å². The fraction of sp³-hybridized carbons (Fsp3) is 1.00. The van der Waals surface area contributed by atoms with Gasteiger partial charge in [0.05, 0.1) is 12.2 Å². The molecule has 0 aromatic rings. The first-order chi connectivity index (χ1) is 6.93. The van der Waals surface area contributed by atoms with Gasteiger partial charge in [-0.05, 0) is 53.6 Å². The van der Waals surface area contributed by atoms with Crippen molar-refractivity contribution in [2.75, 3.05) is 20.2 Å². The predicted octanol–water partition coefficient (Wildman–Crippen LogP) is 2.68. The molecule has 2 heteroatoms. The molecule has 15 heavy (non-hydrogen) atoms. The van der Waals surface area contributed by atoms with Crippen LogP contribution in [-0.2, 0) is 4.74 Å². The van der Waals surface area contributed by atoms with Gasteiger partial charge < -0.3 is 9.64 Å². The van der Waals surface area contributed by atoms with E-state index in [4.69, 9.17) is 4.74 Å². The van der Waals surface area contributed by atoms with Crippen LogP contribution in [0.4, 0.5) is 0 Å². The van der Waals surface area contributed by atoms with Crippen LogP contribution in [0, 0.1) is 5.41 Å². The Labute approximate surface area is 94.0 Å². The van der Waals surface area contributed by atoms with Crippen LogP contribution in [-0.4, -0.2) is 36.7 Å². The zero-order valence-corrected chi connectivity index (χ0v) is 10.7. The van der Waals surface area contributed by atoms with Crippen LogP contribution < -0.4 is 0 Å². The van der Waals surface area contributed by atoms with E-state index in [-0.39, 0.29) is 5.60 Å². The second kappa shape index (κ2) is 3.74. The van der Waals surface area contributed by atoms with Gasteiger partial charge >= 0.3 is 0 Å². The minimum atomic E-state index is 0.0169. The Morgan fingerprint density at radius 3 is 2.73 bits per heavy atom. The molecule has 0 N–H and O–H groups in total. The summed E-state index contributed by atoms with van der Waals surface area (Å²) in [5.74, 6) is 0. The van der Waals surface area contributed by atoms with Gasteiger partial charge in [-0.1, -0.05) is 6.42 Å². The molecule has 1 aliphatic heterocycles. The Hall–Kier alpha value is -0.0800. The number of likely N-dealkylation sites (tertiary alicyclic amines) is 1. The van der Waals surface area contributed by atoms with E-state index in [0.29, 0.717) is 5.41 Å². The van der Waals surface area contributed by atoms with E-state index in [2.05, 4.69) is 32.7 Å². The number of hydrogen-bond donors (Lipinski definition) is 0. The first kappa shape index (κ1) is 11.4. The van der Waals surface area contributed by atoms with Crippen LogP contribution in [0.2, 0.25) is 0 Å². The first-order valence-electron chi connectivity index (χ1n) is 6.27. The molecule has 88 valence electrons. The van der Waals surface area contributed by atoms with E-state index in [0.717, 1.165) is 12.6 Å². The average molecular weight is 211 g/mol. The van der Waals surface area contributed by atoms with E-state index in [1.165, 1.54) is 32.2 Å². The van der Waals surface area contributed by atoms with Crippen LogP contribution in [0.15, 0.2) is 0 Å². The molecule has 1 aliphatic carbocycles. The quantitative estimate of drug-likeness (QED) is 0.696. The van der Waals surface area contributed by atoms with Gasteiger partial charge in [0.25, 0.3) is 0 Å². The first-order valence-corrected chi connectivity index (χ1v) is 6.27. The lowest BCUT2D eigenvalue weighted by Crippen LogP contribution is -2.38. The van der Waals surface area contributed by atoms with Crippen LogP contribution in [0.5, 0.6) is 0 Å². The van der Waals surface area contributed by atoms with Crippen LogP contribution >= 0.6 is 0 Å². The summed E-state index contributed by atoms with van der Waals surface area (Å²) in [5, 5.41) is 0. The van der Waals surface area contributed by atoms with E-state index < -0.39 is 0 Å². The maximum Gasteiger partial charge on any atom is 0.0598 e. The largest absolute Gasteiger partial charge is 0.375 e. The monoisotopic (exact) mass is 211 g/mol. The summed E-state index contributed by atoms with van der Waals surface area (Å²) >= 11 is 0. The molecule has 2 rings (SSSR count). The molecule has 2 aliphatic rings. The summed E-state index contributed by atoms with van der Waals surface area (Å²) < 4.78 is 6.04. The van der Waals surface area contributed by atoms with Gasteiger partial charge in [0, 0.05) is 11.5 Å². The van der Waals surface area contributed by atoms with E-state index in [9.17, 15) is 0 Å². The minimum absolute atomic E-state index is 0.0169. The van der Waals surface area contributed by atoms with Crippen molar-refractivity contribution < 1.29 is 4.74 Å². The van der Waals surface area contributed by atoms with Crippen molar-refractivity contribution >= 4 is 0 Å². The normalized spacial score (nSPS) is 37.2. The maximum atomic E-state index is 6.04. The predicted molar refractivity (Wildman–Crippen MR) is 63.0 cm³/mol. The molecular formula is C13H25NO. The van der Waals surface area contributed by atoms with E-state index in [1.807, 2.05) is 0 Å². The van der Waals surface area contributed by atoms with Gasteiger partial charge in [-0.3, -0.25) is 0 Å². The molecular weight excluding hydrogens is 186 g/mol. The number of ether oxygens (including phenoxy) is 1.